The number of hydrogen-bond acceptors (Lipinski definition) is 5. The quantitative estimate of drug-likeness (QED) is 0.499. The van der Waals surface area contributed by atoms with E-state index in [9.17, 15) is 18.3 Å². The summed E-state index contributed by atoms with van der Waals surface area (Å²) in [4.78, 5) is 12.7. The van der Waals surface area contributed by atoms with Gasteiger partial charge in [-0.1, -0.05) is 25.4 Å². The first kappa shape index (κ1) is 23.8. The van der Waals surface area contributed by atoms with Gasteiger partial charge in [-0.15, -0.1) is 0 Å². The highest BCUT2D eigenvalue weighted by Crippen LogP contribution is 2.29. The van der Waals surface area contributed by atoms with Crippen molar-refractivity contribution >= 4 is 33.2 Å². The molecular formula is C22H25ClN4O4S. The zero-order valence-corrected chi connectivity index (χ0v) is 19.8. The van der Waals surface area contributed by atoms with E-state index in [2.05, 4.69) is 10.4 Å². The second-order valence-electron chi connectivity index (χ2n) is 7.17. The van der Waals surface area contributed by atoms with Crippen LogP contribution in [0.15, 0.2) is 47.4 Å². The lowest BCUT2D eigenvalue weighted by atomic mass is 10.2. The number of carbonyl (C=O) groups is 1. The van der Waals surface area contributed by atoms with E-state index in [0.29, 0.717) is 29.4 Å². The number of carbonyl (C=O) groups excluding carboxylic acids is 1. The highest BCUT2D eigenvalue weighted by molar-refractivity contribution is 7.89. The maximum atomic E-state index is 12.8. The minimum Gasteiger partial charge on any atom is -0.506 e. The van der Waals surface area contributed by atoms with Gasteiger partial charge in [0, 0.05) is 18.7 Å². The third-order valence-corrected chi connectivity index (χ3v) is 7.73. The number of aromatic hydroxyl groups is 1. The fourth-order valence-corrected chi connectivity index (χ4v) is 4.91. The zero-order valence-electron chi connectivity index (χ0n) is 18.3. The summed E-state index contributed by atoms with van der Waals surface area (Å²) in [7, 11) is -3.73. The van der Waals surface area contributed by atoms with Crippen molar-refractivity contribution in [3.8, 4) is 11.4 Å². The number of phenolic OH excluding ortho intramolecular Hbond substituents is 1. The van der Waals surface area contributed by atoms with Crippen LogP contribution in [0.25, 0.3) is 5.69 Å². The van der Waals surface area contributed by atoms with Crippen LogP contribution in [-0.2, 0) is 10.0 Å². The normalized spacial score (nSPS) is 11.7. The number of phenols is 1. The molecule has 0 bridgehead atoms. The molecule has 0 unspecified atom stereocenters. The number of nitrogens with zero attached hydrogens (tertiary/aromatic N) is 3. The van der Waals surface area contributed by atoms with E-state index >= 15 is 0 Å². The molecule has 0 radical (unpaired) electrons. The lowest BCUT2D eigenvalue weighted by Crippen LogP contribution is -2.30. The molecule has 3 aromatic rings. The van der Waals surface area contributed by atoms with Gasteiger partial charge in [0.2, 0.25) is 10.0 Å². The molecule has 1 amide bonds. The zero-order chi connectivity index (χ0) is 23.6. The van der Waals surface area contributed by atoms with Crippen LogP contribution in [0.3, 0.4) is 0 Å². The van der Waals surface area contributed by atoms with E-state index < -0.39 is 15.9 Å². The molecule has 170 valence electrons. The van der Waals surface area contributed by atoms with Gasteiger partial charge in [-0.05, 0) is 56.3 Å². The Balaban J connectivity index is 1.85. The summed E-state index contributed by atoms with van der Waals surface area (Å²) in [5.41, 5.74) is 2.58. The Kier molecular flexibility index (Phi) is 6.92. The van der Waals surface area contributed by atoms with Gasteiger partial charge in [-0.2, -0.15) is 9.40 Å². The van der Waals surface area contributed by atoms with E-state index in [1.54, 1.807) is 42.8 Å². The molecule has 0 atom stereocenters. The molecule has 2 aromatic carbocycles. The second kappa shape index (κ2) is 9.32. The van der Waals surface area contributed by atoms with Gasteiger partial charge in [-0.3, -0.25) is 4.79 Å². The highest BCUT2D eigenvalue weighted by Gasteiger charge is 2.23. The largest absolute Gasteiger partial charge is 0.506 e. The molecule has 0 saturated heterocycles. The number of anilines is 1. The van der Waals surface area contributed by atoms with Crippen molar-refractivity contribution in [1.82, 2.24) is 14.1 Å². The summed E-state index contributed by atoms with van der Waals surface area (Å²) >= 11 is 6.20. The summed E-state index contributed by atoms with van der Waals surface area (Å²) < 4.78 is 28.5. The molecule has 10 heteroatoms. The van der Waals surface area contributed by atoms with Crippen molar-refractivity contribution in [3.63, 3.8) is 0 Å². The van der Waals surface area contributed by atoms with E-state index in [0.717, 1.165) is 11.4 Å². The van der Waals surface area contributed by atoms with Crippen molar-refractivity contribution in [2.24, 2.45) is 0 Å². The number of amides is 1. The average Bonchev–Trinajstić information content (AvgIpc) is 3.03. The number of hydrogen-bond donors (Lipinski definition) is 2. The first-order valence-electron chi connectivity index (χ1n) is 10.1. The lowest BCUT2D eigenvalue weighted by Gasteiger charge is -2.19. The number of sulfonamides is 1. The monoisotopic (exact) mass is 476 g/mol. The lowest BCUT2D eigenvalue weighted by molar-refractivity contribution is 0.102. The van der Waals surface area contributed by atoms with Gasteiger partial charge in [0.05, 0.1) is 32.7 Å². The smallest absolute Gasteiger partial charge is 0.255 e. The van der Waals surface area contributed by atoms with Crippen LogP contribution < -0.4 is 5.32 Å². The fraction of sp³-hybridized carbons (Fsp3) is 0.273. The molecule has 32 heavy (non-hydrogen) atoms. The van der Waals surface area contributed by atoms with Gasteiger partial charge < -0.3 is 10.4 Å². The summed E-state index contributed by atoms with van der Waals surface area (Å²) in [6, 6.07) is 10.5. The van der Waals surface area contributed by atoms with Crippen LogP contribution in [0.2, 0.25) is 5.02 Å². The summed E-state index contributed by atoms with van der Waals surface area (Å²) in [6.07, 6.45) is 0. The van der Waals surface area contributed by atoms with Gasteiger partial charge in [-0.25, -0.2) is 13.1 Å². The number of benzene rings is 2. The first-order chi connectivity index (χ1) is 15.1. The number of aryl methyl sites for hydroxylation is 1. The SMILES string of the molecule is CCN(CC)S(=O)(=O)c1ccc(O)c(NC(=O)c2ccc(-n3nc(C)c(Cl)c3C)cc2)c1. The maximum absolute atomic E-state index is 12.8. The Labute approximate surface area is 192 Å². The fourth-order valence-electron chi connectivity index (χ4n) is 3.31. The molecule has 2 N–H and O–H groups in total. The van der Waals surface area contributed by atoms with Gasteiger partial charge >= 0.3 is 0 Å². The molecule has 0 aliphatic heterocycles. The van der Waals surface area contributed by atoms with Crippen LogP contribution in [0.5, 0.6) is 5.75 Å². The van der Waals surface area contributed by atoms with Crippen molar-refractivity contribution in [3.05, 3.63) is 64.4 Å². The van der Waals surface area contributed by atoms with E-state index in [1.807, 2.05) is 13.8 Å². The highest BCUT2D eigenvalue weighted by atomic mass is 35.5. The molecule has 1 aromatic heterocycles. The first-order valence-corrected chi connectivity index (χ1v) is 11.9. The van der Waals surface area contributed by atoms with Crippen molar-refractivity contribution < 1.29 is 18.3 Å². The minimum atomic E-state index is -3.73. The predicted octanol–water partition coefficient (Wildman–Crippen LogP) is 4.13. The minimum absolute atomic E-state index is 0.00828. The van der Waals surface area contributed by atoms with Crippen LogP contribution in [0.4, 0.5) is 5.69 Å². The summed E-state index contributed by atoms with van der Waals surface area (Å²) in [5.74, 6) is -0.721. The van der Waals surface area contributed by atoms with Crippen molar-refractivity contribution in [2.45, 2.75) is 32.6 Å². The molecule has 0 spiro atoms. The summed E-state index contributed by atoms with van der Waals surface area (Å²) in [5, 5.41) is 17.7. The second-order valence-corrected chi connectivity index (χ2v) is 9.48. The third kappa shape index (κ3) is 4.50. The third-order valence-electron chi connectivity index (χ3n) is 5.14. The van der Waals surface area contributed by atoms with Crippen molar-refractivity contribution in [2.75, 3.05) is 18.4 Å². The van der Waals surface area contributed by atoms with Crippen LogP contribution in [-0.4, -0.2) is 46.6 Å². The number of rotatable bonds is 7. The molecule has 8 nitrogen and oxygen atoms in total. The van der Waals surface area contributed by atoms with Crippen molar-refractivity contribution in [1.29, 1.82) is 0 Å². The Bertz CT molecular complexity index is 1250. The predicted molar refractivity (Wildman–Crippen MR) is 124 cm³/mol. The van der Waals surface area contributed by atoms with Crippen LogP contribution in [0, 0.1) is 13.8 Å². The average molecular weight is 477 g/mol. The topological polar surface area (TPSA) is 105 Å². The molecule has 0 saturated carbocycles. The molecule has 0 aliphatic carbocycles. The van der Waals surface area contributed by atoms with E-state index in [1.165, 1.54) is 22.5 Å². The molecule has 0 fully saturated rings. The Morgan fingerprint density at radius 1 is 1.12 bits per heavy atom. The Hall–Kier alpha value is -2.88. The standard InChI is InChI=1S/C22H25ClN4O4S/c1-5-26(6-2)32(30,31)18-11-12-20(28)19(13-18)24-22(29)16-7-9-17(10-8-16)27-15(4)21(23)14(3)25-27/h7-13,28H,5-6H2,1-4H3,(H,24,29). The Morgan fingerprint density at radius 2 is 1.75 bits per heavy atom. The van der Waals surface area contributed by atoms with Gasteiger partial charge in [0.15, 0.2) is 0 Å². The number of nitrogens with one attached hydrogen (secondary N) is 1. The van der Waals surface area contributed by atoms with Crippen LogP contribution >= 0.6 is 11.6 Å². The Morgan fingerprint density at radius 3 is 2.28 bits per heavy atom. The molecular weight excluding hydrogens is 452 g/mol. The number of halogens is 1. The molecule has 3 rings (SSSR count). The van der Waals surface area contributed by atoms with E-state index in [-0.39, 0.29) is 16.3 Å². The maximum Gasteiger partial charge on any atom is 0.255 e. The summed E-state index contributed by atoms with van der Waals surface area (Å²) in [6.45, 7) is 7.78. The molecule has 0 aliphatic rings. The van der Waals surface area contributed by atoms with Crippen LogP contribution in [0.1, 0.15) is 35.6 Å². The molecule has 1 heterocycles. The van der Waals surface area contributed by atoms with Gasteiger partial charge in [0.1, 0.15) is 5.75 Å². The van der Waals surface area contributed by atoms with Gasteiger partial charge in [0.25, 0.3) is 5.91 Å². The van der Waals surface area contributed by atoms with E-state index in [4.69, 9.17) is 11.6 Å². The number of aromatic nitrogens is 2.